The number of H-pyrrole nitrogens is 1. The molecular formula is C16H13BrClN5O. The standard InChI is InChI=1S/C16H13BrClN5O/c17-12-5-4-11(7-13(12)18)22-16(24)21-10-3-1-2-9(6-10)14-8-20-15(19)23-14/h1-8H,(H3,19,20,23)(H2,21,22,24). The molecule has 5 N–H and O–H groups in total. The van der Waals surface area contributed by atoms with Gasteiger partial charge in [-0.15, -0.1) is 0 Å². The lowest BCUT2D eigenvalue weighted by atomic mass is 10.1. The van der Waals surface area contributed by atoms with Gasteiger partial charge >= 0.3 is 6.03 Å². The van der Waals surface area contributed by atoms with Crippen molar-refractivity contribution in [1.82, 2.24) is 9.97 Å². The first kappa shape index (κ1) is 16.4. The SMILES string of the molecule is Nc1ncc(-c2cccc(NC(=O)Nc3ccc(Br)c(Cl)c3)c2)[nH]1. The molecule has 0 saturated carbocycles. The van der Waals surface area contributed by atoms with Gasteiger partial charge in [0.05, 0.1) is 16.9 Å². The lowest BCUT2D eigenvalue weighted by Gasteiger charge is -2.09. The molecule has 0 bridgehead atoms. The minimum Gasteiger partial charge on any atom is -0.369 e. The Kier molecular flexibility index (Phi) is 4.73. The van der Waals surface area contributed by atoms with Gasteiger partial charge in [-0.3, -0.25) is 0 Å². The van der Waals surface area contributed by atoms with Crippen molar-refractivity contribution in [3.63, 3.8) is 0 Å². The Labute approximate surface area is 151 Å². The Hall–Kier alpha value is -2.51. The van der Waals surface area contributed by atoms with Crippen molar-refractivity contribution in [2.45, 2.75) is 0 Å². The smallest absolute Gasteiger partial charge is 0.323 e. The number of halogens is 2. The van der Waals surface area contributed by atoms with Gasteiger partial charge in [-0.25, -0.2) is 9.78 Å². The maximum Gasteiger partial charge on any atom is 0.323 e. The molecule has 0 fully saturated rings. The highest BCUT2D eigenvalue weighted by atomic mass is 79.9. The number of nitrogen functional groups attached to an aromatic ring is 1. The summed E-state index contributed by atoms with van der Waals surface area (Å²) in [6, 6.07) is 12.1. The van der Waals surface area contributed by atoms with Crippen LogP contribution in [0.3, 0.4) is 0 Å². The summed E-state index contributed by atoms with van der Waals surface area (Å²) >= 11 is 9.31. The van der Waals surface area contributed by atoms with Crippen molar-refractivity contribution >= 4 is 50.9 Å². The van der Waals surface area contributed by atoms with E-state index < -0.39 is 0 Å². The minimum atomic E-state index is -0.366. The van der Waals surface area contributed by atoms with E-state index in [1.807, 2.05) is 18.2 Å². The van der Waals surface area contributed by atoms with E-state index in [-0.39, 0.29) is 6.03 Å². The van der Waals surface area contributed by atoms with Crippen molar-refractivity contribution in [1.29, 1.82) is 0 Å². The van der Waals surface area contributed by atoms with E-state index in [2.05, 4.69) is 36.5 Å². The molecular weight excluding hydrogens is 394 g/mol. The number of nitrogens with one attached hydrogen (secondary N) is 3. The molecule has 1 heterocycles. The van der Waals surface area contributed by atoms with Crippen molar-refractivity contribution in [2.24, 2.45) is 0 Å². The zero-order valence-corrected chi connectivity index (χ0v) is 14.6. The van der Waals surface area contributed by atoms with Crippen LogP contribution in [0.25, 0.3) is 11.3 Å². The number of anilines is 3. The normalized spacial score (nSPS) is 10.4. The van der Waals surface area contributed by atoms with Gasteiger partial charge in [-0.1, -0.05) is 23.7 Å². The fourth-order valence-electron chi connectivity index (χ4n) is 2.12. The lowest BCUT2D eigenvalue weighted by molar-refractivity contribution is 0.262. The molecule has 8 heteroatoms. The van der Waals surface area contributed by atoms with Gasteiger partial charge in [0.1, 0.15) is 0 Å². The summed E-state index contributed by atoms with van der Waals surface area (Å²) in [5.41, 5.74) is 8.46. The maximum atomic E-state index is 12.1. The molecule has 0 atom stereocenters. The van der Waals surface area contributed by atoms with Crippen LogP contribution in [0.5, 0.6) is 0 Å². The van der Waals surface area contributed by atoms with Gasteiger partial charge in [0.2, 0.25) is 0 Å². The Morgan fingerprint density at radius 2 is 1.92 bits per heavy atom. The van der Waals surface area contributed by atoms with Crippen LogP contribution in [-0.4, -0.2) is 16.0 Å². The molecule has 0 radical (unpaired) electrons. The molecule has 1 aromatic heterocycles. The van der Waals surface area contributed by atoms with E-state index in [1.54, 1.807) is 30.5 Å². The quantitative estimate of drug-likeness (QED) is 0.507. The number of carbonyl (C=O) groups is 1. The largest absolute Gasteiger partial charge is 0.369 e. The number of aromatic amines is 1. The minimum absolute atomic E-state index is 0.341. The van der Waals surface area contributed by atoms with Crippen molar-refractivity contribution in [3.05, 3.63) is 58.2 Å². The predicted octanol–water partition coefficient (Wildman–Crippen LogP) is 4.72. The first-order valence-electron chi connectivity index (χ1n) is 6.95. The highest BCUT2D eigenvalue weighted by Gasteiger charge is 2.07. The number of urea groups is 1. The number of nitrogens with zero attached hydrogens (tertiary/aromatic N) is 1. The molecule has 0 aliphatic carbocycles. The second kappa shape index (κ2) is 6.94. The van der Waals surface area contributed by atoms with Crippen LogP contribution in [0.2, 0.25) is 5.02 Å². The number of carbonyl (C=O) groups excluding carboxylic acids is 1. The van der Waals surface area contributed by atoms with E-state index in [9.17, 15) is 4.79 Å². The monoisotopic (exact) mass is 405 g/mol. The summed E-state index contributed by atoms with van der Waals surface area (Å²) in [5, 5.41) is 6.02. The zero-order chi connectivity index (χ0) is 17.1. The summed E-state index contributed by atoms with van der Waals surface area (Å²) in [5.74, 6) is 0.341. The molecule has 122 valence electrons. The Bertz CT molecular complexity index is 896. The van der Waals surface area contributed by atoms with Crippen LogP contribution in [0, 0.1) is 0 Å². The second-order valence-corrected chi connectivity index (χ2v) is 6.23. The molecule has 0 spiro atoms. The number of rotatable bonds is 3. The molecule has 0 aliphatic heterocycles. The number of hydrogen-bond donors (Lipinski definition) is 4. The van der Waals surface area contributed by atoms with Crippen molar-refractivity contribution in [3.8, 4) is 11.3 Å². The van der Waals surface area contributed by atoms with E-state index in [1.165, 1.54) is 0 Å². The summed E-state index contributed by atoms with van der Waals surface area (Å²) < 4.78 is 0.765. The average molecular weight is 407 g/mol. The third kappa shape index (κ3) is 3.87. The number of imidazole rings is 1. The van der Waals surface area contributed by atoms with Crippen LogP contribution in [-0.2, 0) is 0 Å². The molecule has 2 amide bonds. The summed E-state index contributed by atoms with van der Waals surface area (Å²) in [7, 11) is 0. The van der Waals surface area contributed by atoms with Gasteiger partial charge < -0.3 is 21.4 Å². The summed E-state index contributed by atoms with van der Waals surface area (Å²) in [4.78, 5) is 19.0. The Morgan fingerprint density at radius 1 is 1.17 bits per heavy atom. The van der Waals surface area contributed by atoms with Crippen LogP contribution >= 0.6 is 27.5 Å². The molecule has 0 unspecified atom stereocenters. The van der Waals surface area contributed by atoms with E-state index in [4.69, 9.17) is 17.3 Å². The van der Waals surface area contributed by atoms with Crippen LogP contribution in [0.4, 0.5) is 22.1 Å². The number of benzene rings is 2. The van der Waals surface area contributed by atoms with Crippen molar-refractivity contribution in [2.75, 3.05) is 16.4 Å². The average Bonchev–Trinajstić information content (AvgIpc) is 2.98. The Balaban J connectivity index is 1.71. The maximum absolute atomic E-state index is 12.1. The molecule has 0 aliphatic rings. The van der Waals surface area contributed by atoms with Gasteiger partial charge in [0, 0.05) is 21.4 Å². The molecule has 2 aromatic carbocycles. The van der Waals surface area contributed by atoms with Crippen LogP contribution < -0.4 is 16.4 Å². The summed E-state index contributed by atoms with van der Waals surface area (Å²) in [6.45, 7) is 0. The lowest BCUT2D eigenvalue weighted by Crippen LogP contribution is -2.19. The predicted molar refractivity (Wildman–Crippen MR) is 100 cm³/mol. The summed E-state index contributed by atoms with van der Waals surface area (Å²) in [6.07, 6.45) is 1.64. The molecule has 24 heavy (non-hydrogen) atoms. The third-order valence-electron chi connectivity index (χ3n) is 3.20. The Morgan fingerprint density at radius 3 is 2.58 bits per heavy atom. The van der Waals surface area contributed by atoms with E-state index in [0.29, 0.717) is 22.3 Å². The first-order chi connectivity index (χ1) is 11.5. The van der Waals surface area contributed by atoms with Gasteiger partial charge in [-0.2, -0.15) is 0 Å². The zero-order valence-electron chi connectivity index (χ0n) is 12.3. The number of hydrogen-bond acceptors (Lipinski definition) is 3. The van der Waals surface area contributed by atoms with Crippen LogP contribution in [0.15, 0.2) is 53.1 Å². The highest BCUT2D eigenvalue weighted by molar-refractivity contribution is 9.10. The molecule has 3 rings (SSSR count). The fraction of sp³-hybridized carbons (Fsp3) is 0. The van der Waals surface area contributed by atoms with Crippen molar-refractivity contribution < 1.29 is 4.79 Å². The van der Waals surface area contributed by atoms with Gasteiger partial charge in [0.15, 0.2) is 5.95 Å². The number of amides is 2. The third-order valence-corrected chi connectivity index (χ3v) is 4.44. The van der Waals surface area contributed by atoms with E-state index >= 15 is 0 Å². The number of aromatic nitrogens is 2. The van der Waals surface area contributed by atoms with Gasteiger partial charge in [0.25, 0.3) is 0 Å². The number of nitrogens with two attached hydrogens (primary N) is 1. The molecule has 0 saturated heterocycles. The van der Waals surface area contributed by atoms with Gasteiger partial charge in [-0.05, 0) is 46.3 Å². The molecule has 3 aromatic rings. The molecule has 6 nitrogen and oxygen atoms in total. The second-order valence-electron chi connectivity index (χ2n) is 4.97. The van der Waals surface area contributed by atoms with E-state index in [0.717, 1.165) is 15.7 Å². The van der Waals surface area contributed by atoms with Crippen LogP contribution in [0.1, 0.15) is 0 Å². The fourth-order valence-corrected chi connectivity index (χ4v) is 2.54. The highest BCUT2D eigenvalue weighted by Crippen LogP contribution is 2.26. The topological polar surface area (TPSA) is 95.8 Å². The first-order valence-corrected chi connectivity index (χ1v) is 8.12.